The largest absolute Gasteiger partial charge is 0.497 e. The Balaban J connectivity index is 1.50. The van der Waals surface area contributed by atoms with Crippen LogP contribution in [0.1, 0.15) is 5.56 Å². The third kappa shape index (κ3) is 4.42. The van der Waals surface area contributed by atoms with Crippen LogP contribution in [0, 0.1) is 6.92 Å². The molecular formula is C21H18ClN5O3S. The van der Waals surface area contributed by atoms with Gasteiger partial charge in [0.15, 0.2) is 5.16 Å². The number of hydrogen-bond acceptors (Lipinski definition) is 6. The van der Waals surface area contributed by atoms with Crippen molar-refractivity contribution in [1.29, 1.82) is 0 Å². The first-order chi connectivity index (χ1) is 15.0. The predicted octanol–water partition coefficient (Wildman–Crippen LogP) is 3.58. The maximum atomic E-state index is 12.8. The molecule has 0 saturated carbocycles. The molecule has 0 radical (unpaired) electrons. The van der Waals surface area contributed by atoms with E-state index in [4.69, 9.17) is 16.3 Å². The Morgan fingerprint density at radius 3 is 2.65 bits per heavy atom. The first kappa shape index (κ1) is 21.0. The Bertz CT molecular complexity index is 1320. The number of methoxy groups -OCH3 is 1. The SMILES string of the molecule is COc1ccc(-n2ccn3c(SCC(=O)Nc4ccc(C)cc4Cl)nnc3c2=O)cc1. The maximum Gasteiger partial charge on any atom is 0.300 e. The third-order valence-electron chi connectivity index (χ3n) is 4.52. The fraction of sp³-hybridized carbons (Fsp3) is 0.143. The fourth-order valence-corrected chi connectivity index (χ4v) is 3.95. The van der Waals surface area contributed by atoms with Gasteiger partial charge in [-0.2, -0.15) is 0 Å². The summed E-state index contributed by atoms with van der Waals surface area (Å²) in [5.41, 5.74) is 2.09. The van der Waals surface area contributed by atoms with Gasteiger partial charge in [-0.3, -0.25) is 18.6 Å². The number of amides is 1. The van der Waals surface area contributed by atoms with Crippen molar-refractivity contribution in [3.63, 3.8) is 0 Å². The van der Waals surface area contributed by atoms with Gasteiger partial charge in [-0.15, -0.1) is 10.2 Å². The van der Waals surface area contributed by atoms with Gasteiger partial charge in [-0.25, -0.2) is 0 Å². The van der Waals surface area contributed by atoms with Crippen LogP contribution in [0.25, 0.3) is 11.3 Å². The summed E-state index contributed by atoms with van der Waals surface area (Å²) < 4.78 is 8.19. The average Bonchev–Trinajstić information content (AvgIpc) is 3.19. The Morgan fingerprint density at radius 2 is 1.94 bits per heavy atom. The standard InChI is InChI=1S/C21H18ClN5O3S/c1-13-3-8-17(16(22)11-13)23-18(28)12-31-21-25-24-19-20(29)26(9-10-27(19)21)14-4-6-15(30-2)7-5-14/h3-11H,12H2,1-2H3,(H,23,28). The predicted molar refractivity (Wildman–Crippen MR) is 121 cm³/mol. The second-order valence-corrected chi connectivity index (χ2v) is 8.02. The van der Waals surface area contributed by atoms with Crippen molar-refractivity contribution in [2.45, 2.75) is 12.1 Å². The second kappa shape index (κ2) is 8.83. The first-order valence-corrected chi connectivity index (χ1v) is 10.6. The van der Waals surface area contributed by atoms with E-state index >= 15 is 0 Å². The van der Waals surface area contributed by atoms with E-state index in [1.165, 1.54) is 16.3 Å². The van der Waals surface area contributed by atoms with Crippen LogP contribution in [0.2, 0.25) is 5.02 Å². The number of aromatic nitrogens is 4. The number of ether oxygens (including phenoxy) is 1. The van der Waals surface area contributed by atoms with Crippen LogP contribution in [0.15, 0.2) is 64.8 Å². The molecule has 2 heterocycles. The minimum absolute atomic E-state index is 0.0898. The lowest BCUT2D eigenvalue weighted by Gasteiger charge is -2.08. The summed E-state index contributed by atoms with van der Waals surface area (Å²) in [7, 11) is 1.58. The molecule has 10 heteroatoms. The van der Waals surface area contributed by atoms with Crippen LogP contribution >= 0.6 is 23.4 Å². The first-order valence-electron chi connectivity index (χ1n) is 9.26. The highest BCUT2D eigenvalue weighted by atomic mass is 35.5. The van der Waals surface area contributed by atoms with Crippen molar-refractivity contribution >= 4 is 40.6 Å². The Morgan fingerprint density at radius 1 is 1.16 bits per heavy atom. The Hall–Kier alpha value is -3.30. The molecule has 4 aromatic rings. The summed E-state index contributed by atoms with van der Waals surface area (Å²) in [4.78, 5) is 25.2. The van der Waals surface area contributed by atoms with Crippen LogP contribution in [-0.4, -0.2) is 37.9 Å². The number of nitrogens with one attached hydrogen (secondary N) is 1. The van der Waals surface area contributed by atoms with Crippen molar-refractivity contribution in [2.75, 3.05) is 18.2 Å². The van der Waals surface area contributed by atoms with Crippen LogP contribution in [0.3, 0.4) is 0 Å². The van der Waals surface area contributed by atoms with Gasteiger partial charge in [0.05, 0.1) is 23.6 Å². The molecule has 0 aliphatic heterocycles. The molecule has 0 aliphatic rings. The van der Waals surface area contributed by atoms with E-state index in [1.54, 1.807) is 60.3 Å². The van der Waals surface area contributed by atoms with Crippen molar-refractivity contribution in [3.05, 3.63) is 75.8 Å². The highest BCUT2D eigenvalue weighted by Gasteiger charge is 2.14. The average molecular weight is 456 g/mol. The summed E-state index contributed by atoms with van der Waals surface area (Å²) in [5.74, 6) is 0.551. The van der Waals surface area contributed by atoms with Gasteiger partial charge < -0.3 is 10.1 Å². The van der Waals surface area contributed by atoms with Crippen molar-refractivity contribution in [1.82, 2.24) is 19.2 Å². The van der Waals surface area contributed by atoms with Crippen LogP contribution in [0.4, 0.5) is 5.69 Å². The van der Waals surface area contributed by atoms with Gasteiger partial charge in [0.1, 0.15) is 5.75 Å². The van der Waals surface area contributed by atoms with Crippen LogP contribution in [0.5, 0.6) is 5.75 Å². The zero-order valence-electron chi connectivity index (χ0n) is 16.7. The van der Waals surface area contributed by atoms with Gasteiger partial charge in [-0.1, -0.05) is 29.4 Å². The molecule has 158 valence electrons. The molecule has 1 N–H and O–H groups in total. The lowest BCUT2D eigenvalue weighted by Crippen LogP contribution is -2.20. The lowest BCUT2D eigenvalue weighted by molar-refractivity contribution is -0.113. The molecular weight excluding hydrogens is 438 g/mol. The topological polar surface area (TPSA) is 90.5 Å². The number of halogens is 1. The van der Waals surface area contributed by atoms with Crippen molar-refractivity contribution in [3.8, 4) is 11.4 Å². The minimum Gasteiger partial charge on any atom is -0.497 e. The number of carbonyl (C=O) groups is 1. The quantitative estimate of drug-likeness (QED) is 0.447. The summed E-state index contributed by atoms with van der Waals surface area (Å²) in [5, 5.41) is 11.8. The van der Waals surface area contributed by atoms with Crippen molar-refractivity contribution in [2.24, 2.45) is 0 Å². The molecule has 0 bridgehead atoms. The summed E-state index contributed by atoms with van der Waals surface area (Å²) >= 11 is 7.34. The Kier molecular flexibility index (Phi) is 5.97. The monoisotopic (exact) mass is 455 g/mol. The molecule has 2 aromatic heterocycles. The summed E-state index contributed by atoms with van der Waals surface area (Å²) in [6, 6.07) is 12.5. The number of nitrogens with zero attached hydrogens (tertiary/aromatic N) is 4. The van der Waals surface area contributed by atoms with E-state index in [0.717, 1.165) is 5.56 Å². The van der Waals surface area contributed by atoms with Crippen LogP contribution in [-0.2, 0) is 4.79 Å². The Labute approximate surface area is 186 Å². The van der Waals surface area contributed by atoms with Gasteiger partial charge >= 0.3 is 5.56 Å². The molecule has 4 rings (SSSR count). The number of hydrogen-bond donors (Lipinski definition) is 1. The minimum atomic E-state index is -0.317. The smallest absolute Gasteiger partial charge is 0.300 e. The van der Waals surface area contributed by atoms with Crippen LogP contribution < -0.4 is 15.6 Å². The molecule has 2 aromatic carbocycles. The van der Waals surface area contributed by atoms with Gasteiger partial charge in [-0.05, 0) is 48.9 Å². The normalized spacial score (nSPS) is 10.9. The van der Waals surface area contributed by atoms with E-state index in [9.17, 15) is 9.59 Å². The van der Waals surface area contributed by atoms with Gasteiger partial charge in [0.2, 0.25) is 11.6 Å². The summed E-state index contributed by atoms with van der Waals surface area (Å²) in [6.07, 6.45) is 3.33. The molecule has 0 fully saturated rings. The third-order valence-corrected chi connectivity index (χ3v) is 5.78. The number of thioether (sulfide) groups is 1. The number of rotatable bonds is 6. The number of carbonyl (C=O) groups excluding carboxylic acids is 1. The zero-order valence-corrected chi connectivity index (χ0v) is 18.3. The number of benzene rings is 2. The summed E-state index contributed by atoms with van der Waals surface area (Å²) in [6.45, 7) is 1.92. The highest BCUT2D eigenvalue weighted by molar-refractivity contribution is 7.99. The highest BCUT2D eigenvalue weighted by Crippen LogP contribution is 2.23. The molecule has 0 unspecified atom stereocenters. The molecule has 0 atom stereocenters. The second-order valence-electron chi connectivity index (χ2n) is 6.67. The number of anilines is 1. The van der Waals surface area contributed by atoms with E-state index < -0.39 is 0 Å². The van der Waals surface area contributed by atoms with E-state index in [2.05, 4.69) is 15.5 Å². The fourth-order valence-electron chi connectivity index (χ4n) is 2.95. The van der Waals surface area contributed by atoms with Crippen molar-refractivity contribution < 1.29 is 9.53 Å². The van der Waals surface area contributed by atoms with E-state index in [0.29, 0.717) is 27.3 Å². The molecule has 0 aliphatic carbocycles. The van der Waals surface area contributed by atoms with E-state index in [1.807, 2.05) is 13.0 Å². The van der Waals surface area contributed by atoms with E-state index in [-0.39, 0.29) is 22.9 Å². The molecule has 8 nitrogen and oxygen atoms in total. The maximum absolute atomic E-state index is 12.8. The molecule has 0 saturated heterocycles. The zero-order chi connectivity index (χ0) is 22.0. The number of fused-ring (bicyclic) bond motifs is 1. The van der Waals surface area contributed by atoms with Gasteiger partial charge in [0.25, 0.3) is 0 Å². The lowest BCUT2D eigenvalue weighted by atomic mass is 10.2. The molecule has 31 heavy (non-hydrogen) atoms. The molecule has 0 spiro atoms. The molecule has 1 amide bonds. The van der Waals surface area contributed by atoms with Gasteiger partial charge in [0, 0.05) is 18.1 Å². The number of aryl methyl sites for hydroxylation is 1.